The van der Waals surface area contributed by atoms with E-state index in [0.29, 0.717) is 16.9 Å². The maximum Gasteiger partial charge on any atom is 0.260 e. The first-order valence-electron chi connectivity index (χ1n) is 8.35. The molecule has 118 valence electrons. The minimum absolute atomic E-state index is 0.0108. The zero-order chi connectivity index (χ0) is 15.9. The number of pyridine rings is 1. The van der Waals surface area contributed by atoms with Gasteiger partial charge in [-0.25, -0.2) is 0 Å². The molecule has 0 bridgehead atoms. The Labute approximate surface area is 131 Å². The van der Waals surface area contributed by atoms with E-state index in [1.54, 1.807) is 0 Å². The van der Waals surface area contributed by atoms with Gasteiger partial charge in [-0.3, -0.25) is 9.36 Å². The Morgan fingerprint density at radius 3 is 2.41 bits per heavy atom. The highest BCUT2D eigenvalue weighted by molar-refractivity contribution is 5.85. The quantitative estimate of drug-likeness (QED) is 0.714. The normalized spacial score (nSPS) is 22.4. The van der Waals surface area contributed by atoms with Crippen molar-refractivity contribution in [1.82, 2.24) is 4.57 Å². The number of benzene rings is 1. The smallest absolute Gasteiger partial charge is 0.260 e. The molecule has 0 N–H and O–H groups in total. The molecule has 1 fully saturated rings. The molecular weight excluding hydrogens is 277 g/mol. The Kier molecular flexibility index (Phi) is 4.07. The van der Waals surface area contributed by atoms with Crippen LogP contribution in [-0.2, 0) is 0 Å². The molecular formula is C19H24FNO. The topological polar surface area (TPSA) is 22.0 Å². The largest absolute Gasteiger partial charge is 0.281 e. The monoisotopic (exact) mass is 301 g/mol. The van der Waals surface area contributed by atoms with E-state index in [2.05, 4.69) is 6.92 Å². The molecule has 22 heavy (non-hydrogen) atoms. The highest BCUT2D eigenvalue weighted by Crippen LogP contribution is 2.35. The number of nitrogens with zero attached hydrogens (tertiary/aromatic N) is 1. The number of aromatic nitrogens is 1. The summed E-state index contributed by atoms with van der Waals surface area (Å²) in [7, 11) is 0. The first kappa shape index (κ1) is 15.3. The maximum atomic E-state index is 15.2. The molecule has 0 unspecified atom stereocenters. The molecule has 2 nitrogen and oxygen atoms in total. The SMILES string of the molecule is CC(C)c1c(F)n([C@H]2CCCC[C@@H]2C)c(=O)c2ccccc12. The van der Waals surface area contributed by atoms with Crippen molar-refractivity contribution in [3.63, 3.8) is 0 Å². The summed E-state index contributed by atoms with van der Waals surface area (Å²) < 4.78 is 16.7. The van der Waals surface area contributed by atoms with Gasteiger partial charge in [0, 0.05) is 17.0 Å². The lowest BCUT2D eigenvalue weighted by Gasteiger charge is -2.32. The van der Waals surface area contributed by atoms with Crippen LogP contribution in [0.4, 0.5) is 4.39 Å². The summed E-state index contributed by atoms with van der Waals surface area (Å²) in [6, 6.07) is 7.42. The minimum atomic E-state index is -0.322. The van der Waals surface area contributed by atoms with E-state index in [9.17, 15) is 4.79 Å². The van der Waals surface area contributed by atoms with E-state index in [1.807, 2.05) is 38.1 Å². The summed E-state index contributed by atoms with van der Waals surface area (Å²) in [5.41, 5.74) is 0.504. The van der Waals surface area contributed by atoms with Gasteiger partial charge >= 0.3 is 0 Å². The first-order chi connectivity index (χ1) is 10.5. The van der Waals surface area contributed by atoms with Crippen molar-refractivity contribution >= 4 is 10.8 Å². The summed E-state index contributed by atoms with van der Waals surface area (Å²) >= 11 is 0. The fourth-order valence-corrected chi connectivity index (χ4v) is 3.89. The molecule has 3 rings (SSSR count). The summed E-state index contributed by atoms with van der Waals surface area (Å²) in [6.45, 7) is 6.12. The molecule has 0 spiro atoms. The maximum absolute atomic E-state index is 15.2. The van der Waals surface area contributed by atoms with Gasteiger partial charge in [-0.15, -0.1) is 0 Å². The van der Waals surface area contributed by atoms with Crippen LogP contribution in [0.1, 0.15) is 64.0 Å². The Morgan fingerprint density at radius 2 is 1.77 bits per heavy atom. The van der Waals surface area contributed by atoms with E-state index in [0.717, 1.165) is 24.6 Å². The van der Waals surface area contributed by atoms with E-state index < -0.39 is 0 Å². The van der Waals surface area contributed by atoms with Crippen LogP contribution in [0.15, 0.2) is 29.1 Å². The minimum Gasteiger partial charge on any atom is -0.281 e. The molecule has 0 saturated heterocycles. The van der Waals surface area contributed by atoms with Crippen molar-refractivity contribution in [1.29, 1.82) is 0 Å². The van der Waals surface area contributed by atoms with Gasteiger partial charge in [0.05, 0.1) is 0 Å². The molecule has 1 aromatic carbocycles. The molecule has 2 atom stereocenters. The second kappa shape index (κ2) is 5.86. The van der Waals surface area contributed by atoms with Gasteiger partial charge in [0.15, 0.2) is 0 Å². The molecule has 3 heteroatoms. The average molecular weight is 301 g/mol. The Hall–Kier alpha value is -1.64. The van der Waals surface area contributed by atoms with E-state index in [4.69, 9.17) is 0 Å². The van der Waals surface area contributed by atoms with E-state index >= 15 is 4.39 Å². The number of halogens is 1. The Bertz CT molecular complexity index is 747. The standard InChI is InChI=1S/C19H24FNO/c1-12(2)17-14-9-5-6-10-15(14)19(22)21(18(17)20)16-11-7-4-8-13(16)3/h5-6,9-10,12-13,16H,4,7-8,11H2,1-3H3/t13-,16-/m0/s1. The van der Waals surface area contributed by atoms with Crippen LogP contribution in [0.2, 0.25) is 0 Å². The molecule has 1 saturated carbocycles. The second-order valence-corrected chi connectivity index (χ2v) is 6.91. The van der Waals surface area contributed by atoms with Gasteiger partial charge in [0.25, 0.3) is 5.56 Å². The average Bonchev–Trinajstić information content (AvgIpc) is 2.49. The Morgan fingerprint density at radius 1 is 1.14 bits per heavy atom. The summed E-state index contributed by atoms with van der Waals surface area (Å²) in [6.07, 6.45) is 4.22. The first-order valence-corrected chi connectivity index (χ1v) is 8.35. The van der Waals surface area contributed by atoms with Gasteiger partial charge in [-0.1, -0.05) is 51.8 Å². The van der Waals surface area contributed by atoms with Gasteiger partial charge in [-0.2, -0.15) is 4.39 Å². The molecule has 1 aromatic heterocycles. The number of rotatable bonds is 2. The second-order valence-electron chi connectivity index (χ2n) is 6.91. The molecule has 0 aliphatic heterocycles. The van der Waals surface area contributed by atoms with Crippen LogP contribution < -0.4 is 5.56 Å². The third-order valence-electron chi connectivity index (χ3n) is 5.08. The van der Waals surface area contributed by atoms with Crippen LogP contribution in [0, 0.1) is 11.9 Å². The summed E-state index contributed by atoms with van der Waals surface area (Å²) in [5.74, 6) is 0.0789. The van der Waals surface area contributed by atoms with Gasteiger partial charge < -0.3 is 0 Å². The lowest BCUT2D eigenvalue weighted by molar-refractivity contribution is 0.229. The molecule has 1 aliphatic rings. The molecule has 0 amide bonds. The van der Waals surface area contributed by atoms with E-state index in [-0.39, 0.29) is 23.5 Å². The third-order valence-corrected chi connectivity index (χ3v) is 5.08. The van der Waals surface area contributed by atoms with E-state index in [1.165, 1.54) is 11.0 Å². The predicted octanol–water partition coefficient (Wildman–Crippen LogP) is 5.02. The van der Waals surface area contributed by atoms with Crippen molar-refractivity contribution in [2.45, 2.75) is 58.4 Å². The lowest BCUT2D eigenvalue weighted by Crippen LogP contribution is -2.34. The van der Waals surface area contributed by atoms with Crippen LogP contribution >= 0.6 is 0 Å². The zero-order valence-electron chi connectivity index (χ0n) is 13.6. The van der Waals surface area contributed by atoms with Crippen LogP contribution in [0.3, 0.4) is 0 Å². The third kappa shape index (κ3) is 2.37. The fraction of sp³-hybridized carbons (Fsp3) is 0.526. The molecule has 1 heterocycles. The highest BCUT2D eigenvalue weighted by Gasteiger charge is 2.28. The zero-order valence-corrected chi connectivity index (χ0v) is 13.6. The van der Waals surface area contributed by atoms with Crippen LogP contribution in [0.25, 0.3) is 10.8 Å². The van der Waals surface area contributed by atoms with Crippen molar-refractivity contribution in [2.24, 2.45) is 5.92 Å². The van der Waals surface area contributed by atoms with Crippen molar-refractivity contribution in [2.75, 3.05) is 0 Å². The van der Waals surface area contributed by atoms with Gasteiger partial charge in [0.1, 0.15) is 0 Å². The fourth-order valence-electron chi connectivity index (χ4n) is 3.89. The Balaban J connectivity index is 2.32. The van der Waals surface area contributed by atoms with Gasteiger partial charge in [-0.05, 0) is 36.1 Å². The van der Waals surface area contributed by atoms with Crippen LogP contribution in [0.5, 0.6) is 0 Å². The van der Waals surface area contributed by atoms with Crippen LogP contribution in [-0.4, -0.2) is 4.57 Å². The number of hydrogen-bond acceptors (Lipinski definition) is 1. The lowest BCUT2D eigenvalue weighted by atomic mass is 9.85. The highest BCUT2D eigenvalue weighted by atomic mass is 19.1. The summed E-state index contributed by atoms with van der Waals surface area (Å²) in [4.78, 5) is 12.9. The molecule has 2 aromatic rings. The molecule has 1 aliphatic carbocycles. The predicted molar refractivity (Wildman–Crippen MR) is 88.9 cm³/mol. The number of hydrogen-bond donors (Lipinski definition) is 0. The van der Waals surface area contributed by atoms with Crippen molar-refractivity contribution in [3.8, 4) is 0 Å². The molecule has 0 radical (unpaired) electrons. The van der Waals surface area contributed by atoms with Gasteiger partial charge in [0.2, 0.25) is 5.95 Å². The number of fused-ring (bicyclic) bond motifs is 1. The summed E-state index contributed by atoms with van der Waals surface area (Å²) in [5, 5.41) is 1.41. The van der Waals surface area contributed by atoms with Crippen molar-refractivity contribution in [3.05, 3.63) is 46.1 Å². The van der Waals surface area contributed by atoms with Crippen molar-refractivity contribution < 1.29 is 4.39 Å².